The molecule has 1 unspecified atom stereocenters. The average molecular weight is 339 g/mol. The van der Waals surface area contributed by atoms with Crippen molar-refractivity contribution in [2.24, 2.45) is 5.73 Å². The van der Waals surface area contributed by atoms with Crippen LogP contribution in [0.25, 0.3) is 0 Å². The standard InChI is InChI=1S/C21H42N2O/c1-7-9-10-11-12-13-14-15-17-21(16-8-2,20(5,6)22)23-19(24)18(3)4/h3,7-17,22H2,1-2,4-6H3,(H,23,24). The highest BCUT2D eigenvalue weighted by atomic mass is 16.1. The molecule has 0 heterocycles. The fourth-order valence-electron chi connectivity index (χ4n) is 3.37. The molecule has 0 saturated carbocycles. The highest BCUT2D eigenvalue weighted by molar-refractivity contribution is 5.92. The summed E-state index contributed by atoms with van der Waals surface area (Å²) in [6.07, 6.45) is 13.2. The Kier molecular flexibility index (Phi) is 11.3. The summed E-state index contributed by atoms with van der Waals surface area (Å²) < 4.78 is 0. The van der Waals surface area contributed by atoms with E-state index in [1.807, 2.05) is 13.8 Å². The van der Waals surface area contributed by atoms with Crippen LogP contribution in [0.5, 0.6) is 0 Å². The van der Waals surface area contributed by atoms with Gasteiger partial charge in [-0.15, -0.1) is 0 Å². The van der Waals surface area contributed by atoms with Gasteiger partial charge in [-0.1, -0.05) is 78.2 Å². The molecule has 0 spiro atoms. The molecular weight excluding hydrogens is 296 g/mol. The molecule has 0 saturated heterocycles. The molecule has 0 fully saturated rings. The molecule has 0 aliphatic heterocycles. The van der Waals surface area contributed by atoms with Crippen LogP contribution >= 0.6 is 0 Å². The SMILES string of the molecule is C=C(C)C(=O)NC(CCC)(CCCCCCCCCC)C(C)(C)N. The van der Waals surface area contributed by atoms with Crippen LogP contribution in [0.2, 0.25) is 0 Å². The van der Waals surface area contributed by atoms with E-state index < -0.39 is 5.54 Å². The summed E-state index contributed by atoms with van der Waals surface area (Å²) in [6.45, 7) is 14.0. The monoisotopic (exact) mass is 338 g/mol. The topological polar surface area (TPSA) is 55.1 Å². The second kappa shape index (κ2) is 11.7. The van der Waals surface area contributed by atoms with E-state index in [0.29, 0.717) is 5.57 Å². The number of nitrogens with one attached hydrogen (secondary N) is 1. The number of hydrogen-bond donors (Lipinski definition) is 2. The lowest BCUT2D eigenvalue weighted by molar-refractivity contribution is -0.120. The minimum Gasteiger partial charge on any atom is -0.345 e. The molecule has 24 heavy (non-hydrogen) atoms. The predicted molar refractivity (Wildman–Crippen MR) is 106 cm³/mol. The number of carbonyl (C=O) groups excluding carboxylic acids is 1. The number of hydrogen-bond acceptors (Lipinski definition) is 2. The van der Waals surface area contributed by atoms with Gasteiger partial charge >= 0.3 is 0 Å². The number of amides is 1. The van der Waals surface area contributed by atoms with Crippen molar-refractivity contribution in [1.29, 1.82) is 0 Å². The molecule has 3 N–H and O–H groups in total. The Hall–Kier alpha value is -0.830. The number of carbonyl (C=O) groups is 1. The Balaban J connectivity index is 4.60. The van der Waals surface area contributed by atoms with Crippen LogP contribution in [0.1, 0.15) is 105 Å². The van der Waals surface area contributed by atoms with Gasteiger partial charge in [-0.3, -0.25) is 4.79 Å². The molecule has 0 aromatic rings. The van der Waals surface area contributed by atoms with Crippen molar-refractivity contribution in [2.45, 2.75) is 116 Å². The second-order valence-corrected chi connectivity index (χ2v) is 8.01. The zero-order valence-electron chi connectivity index (χ0n) is 17.0. The molecule has 0 aromatic heterocycles. The summed E-state index contributed by atoms with van der Waals surface area (Å²) in [5.41, 5.74) is 6.26. The molecule has 1 amide bonds. The first-order chi connectivity index (χ1) is 11.2. The minimum atomic E-state index is -0.449. The van der Waals surface area contributed by atoms with E-state index >= 15 is 0 Å². The van der Waals surface area contributed by atoms with Crippen molar-refractivity contribution in [2.75, 3.05) is 0 Å². The first kappa shape index (κ1) is 23.2. The number of rotatable bonds is 14. The van der Waals surface area contributed by atoms with Crippen LogP contribution in [-0.2, 0) is 4.79 Å². The lowest BCUT2D eigenvalue weighted by Gasteiger charge is -2.46. The van der Waals surface area contributed by atoms with Crippen LogP contribution in [0.15, 0.2) is 12.2 Å². The predicted octanol–water partition coefficient (Wildman–Crippen LogP) is 5.49. The molecule has 0 rings (SSSR count). The number of unbranched alkanes of at least 4 members (excludes halogenated alkanes) is 7. The Labute approximate surface area is 150 Å². The van der Waals surface area contributed by atoms with Gasteiger partial charge in [0.2, 0.25) is 5.91 Å². The van der Waals surface area contributed by atoms with Crippen LogP contribution < -0.4 is 11.1 Å². The zero-order chi connectivity index (χ0) is 18.6. The number of nitrogens with two attached hydrogens (primary N) is 1. The van der Waals surface area contributed by atoms with Gasteiger partial charge in [-0.25, -0.2) is 0 Å². The Morgan fingerprint density at radius 1 is 0.917 bits per heavy atom. The molecule has 3 nitrogen and oxygen atoms in total. The molecule has 3 heteroatoms. The third-order valence-electron chi connectivity index (χ3n) is 5.11. The highest BCUT2D eigenvalue weighted by Crippen LogP contribution is 2.31. The molecule has 0 aliphatic carbocycles. The molecule has 1 atom stereocenters. The van der Waals surface area contributed by atoms with Gasteiger partial charge in [-0.2, -0.15) is 0 Å². The van der Waals surface area contributed by atoms with Crippen molar-refractivity contribution in [3.63, 3.8) is 0 Å². The van der Waals surface area contributed by atoms with Crippen LogP contribution in [0.4, 0.5) is 0 Å². The largest absolute Gasteiger partial charge is 0.345 e. The quantitative estimate of drug-likeness (QED) is 0.325. The van der Waals surface area contributed by atoms with Gasteiger partial charge in [0, 0.05) is 11.1 Å². The molecular formula is C21H42N2O. The Morgan fingerprint density at radius 3 is 1.83 bits per heavy atom. The maximum atomic E-state index is 12.2. The lowest BCUT2D eigenvalue weighted by Crippen LogP contribution is -2.66. The van der Waals surface area contributed by atoms with E-state index in [0.717, 1.165) is 25.7 Å². The van der Waals surface area contributed by atoms with Crippen LogP contribution in [0, 0.1) is 0 Å². The van der Waals surface area contributed by atoms with Crippen molar-refractivity contribution < 1.29 is 4.79 Å². The Morgan fingerprint density at radius 2 is 1.42 bits per heavy atom. The van der Waals surface area contributed by atoms with Gasteiger partial charge in [-0.05, 0) is 33.6 Å². The minimum absolute atomic E-state index is 0.0680. The second-order valence-electron chi connectivity index (χ2n) is 8.01. The van der Waals surface area contributed by atoms with E-state index in [1.54, 1.807) is 6.92 Å². The average Bonchev–Trinajstić information content (AvgIpc) is 2.48. The molecule has 0 radical (unpaired) electrons. The molecule has 0 bridgehead atoms. The van der Waals surface area contributed by atoms with Gasteiger partial charge in [0.15, 0.2) is 0 Å². The van der Waals surface area contributed by atoms with Gasteiger partial charge in [0.05, 0.1) is 5.54 Å². The molecule has 0 aromatic carbocycles. The van der Waals surface area contributed by atoms with E-state index in [1.165, 1.54) is 44.9 Å². The maximum Gasteiger partial charge on any atom is 0.246 e. The van der Waals surface area contributed by atoms with E-state index in [9.17, 15) is 4.79 Å². The summed E-state index contributed by atoms with van der Waals surface area (Å²) in [6, 6.07) is 0. The maximum absolute atomic E-state index is 12.2. The van der Waals surface area contributed by atoms with Gasteiger partial charge < -0.3 is 11.1 Å². The van der Waals surface area contributed by atoms with E-state index in [4.69, 9.17) is 5.73 Å². The summed E-state index contributed by atoms with van der Waals surface area (Å²) >= 11 is 0. The first-order valence-electron chi connectivity index (χ1n) is 9.97. The third kappa shape index (κ3) is 8.32. The van der Waals surface area contributed by atoms with E-state index in [2.05, 4.69) is 25.7 Å². The summed E-state index contributed by atoms with van der Waals surface area (Å²) in [5, 5.41) is 3.23. The summed E-state index contributed by atoms with van der Waals surface area (Å²) in [7, 11) is 0. The molecule has 142 valence electrons. The fourth-order valence-corrected chi connectivity index (χ4v) is 3.37. The summed E-state index contributed by atoms with van der Waals surface area (Å²) in [4.78, 5) is 12.2. The van der Waals surface area contributed by atoms with Crippen molar-refractivity contribution in [3.8, 4) is 0 Å². The van der Waals surface area contributed by atoms with Gasteiger partial charge in [0.25, 0.3) is 0 Å². The van der Waals surface area contributed by atoms with Gasteiger partial charge in [0.1, 0.15) is 0 Å². The smallest absolute Gasteiger partial charge is 0.246 e. The fraction of sp³-hybridized carbons (Fsp3) is 0.857. The van der Waals surface area contributed by atoms with Crippen molar-refractivity contribution >= 4 is 5.91 Å². The van der Waals surface area contributed by atoms with Crippen molar-refractivity contribution in [1.82, 2.24) is 5.32 Å². The van der Waals surface area contributed by atoms with E-state index in [-0.39, 0.29) is 11.4 Å². The normalized spacial score (nSPS) is 14.2. The van der Waals surface area contributed by atoms with Crippen LogP contribution in [0.3, 0.4) is 0 Å². The Bertz CT molecular complexity index is 371. The molecule has 0 aliphatic rings. The third-order valence-corrected chi connectivity index (χ3v) is 5.11. The first-order valence-corrected chi connectivity index (χ1v) is 9.97. The van der Waals surface area contributed by atoms with Crippen LogP contribution in [-0.4, -0.2) is 17.0 Å². The summed E-state index contributed by atoms with van der Waals surface area (Å²) in [5.74, 6) is -0.0680. The van der Waals surface area contributed by atoms with Crippen molar-refractivity contribution in [3.05, 3.63) is 12.2 Å². The zero-order valence-corrected chi connectivity index (χ0v) is 17.0. The lowest BCUT2D eigenvalue weighted by atomic mass is 9.73. The highest BCUT2D eigenvalue weighted by Gasteiger charge is 2.42.